The van der Waals surface area contributed by atoms with Crippen molar-refractivity contribution in [1.82, 2.24) is 47.9 Å². The second-order valence-corrected chi connectivity index (χ2v) is 18.2. The number of nitrogens with one attached hydrogen (secondary N) is 9. The molecule has 0 aliphatic rings. The number of carbonyl (C=O) groups is 11. The molecule has 0 aliphatic heterocycles. The van der Waals surface area contributed by atoms with Crippen molar-refractivity contribution < 1.29 is 78.3 Å². The van der Waals surface area contributed by atoms with Crippen LogP contribution in [0.2, 0.25) is 0 Å². The van der Waals surface area contributed by atoms with Crippen molar-refractivity contribution >= 4 is 77.0 Å². The third kappa shape index (κ3) is 29.4. The van der Waals surface area contributed by atoms with Gasteiger partial charge in [0.25, 0.3) is 0 Å². The Labute approximate surface area is 444 Å². The highest BCUT2D eigenvalue weighted by Crippen LogP contribution is 2.10. The predicted octanol–water partition coefficient (Wildman–Crippen LogP) is -9.07. The number of hydrogen-bond donors (Lipinski definition) is 20. The number of carbonyl (C=O) groups excluding carboxylic acids is 9. The Balaban J connectivity index is 6.28. The first-order valence-electron chi connectivity index (χ1n) is 24.7. The van der Waals surface area contributed by atoms with Gasteiger partial charge in [0.2, 0.25) is 53.2 Å². The van der Waals surface area contributed by atoms with Gasteiger partial charge in [-0.3, -0.25) is 62.7 Å². The minimum absolute atomic E-state index is 0.00677. The van der Waals surface area contributed by atoms with Gasteiger partial charge in [0.15, 0.2) is 11.9 Å². The summed E-state index contributed by atoms with van der Waals surface area (Å²) in [6, 6.07) is -14.0. The van der Waals surface area contributed by atoms with Crippen LogP contribution in [0.25, 0.3) is 0 Å². The number of aliphatic hydroxyl groups is 3. The van der Waals surface area contributed by atoms with Crippen molar-refractivity contribution in [2.75, 3.05) is 39.4 Å². The maximum absolute atomic E-state index is 13.8. The number of hydrogen-bond acceptors (Lipinski definition) is 18. The lowest BCUT2D eigenvalue weighted by Gasteiger charge is -2.28. The summed E-state index contributed by atoms with van der Waals surface area (Å²) in [6.07, 6.45) is -2.07. The Hall–Kier alpha value is -7.49. The van der Waals surface area contributed by atoms with E-state index < -0.39 is 158 Å². The second kappa shape index (κ2) is 37.3. The molecular weight excluding hydrogens is 1020 g/mol. The van der Waals surface area contributed by atoms with Gasteiger partial charge in [0, 0.05) is 19.5 Å². The Kier molecular flexibility index (Phi) is 33.7. The molecule has 0 aromatic rings. The highest BCUT2D eigenvalue weighted by atomic mass is 16.4. The van der Waals surface area contributed by atoms with Crippen LogP contribution in [0, 0.1) is 5.92 Å². The van der Waals surface area contributed by atoms with Crippen molar-refractivity contribution in [2.45, 2.75) is 152 Å². The summed E-state index contributed by atoms with van der Waals surface area (Å²) in [7, 11) is 0. The molecule has 0 bridgehead atoms. The van der Waals surface area contributed by atoms with Gasteiger partial charge < -0.3 is 108 Å². The zero-order valence-electron chi connectivity index (χ0n) is 43.7. The number of aliphatic hydroxyl groups excluding tert-OH is 3. The van der Waals surface area contributed by atoms with E-state index in [1.54, 1.807) is 13.8 Å². The molecule has 10 atom stereocenters. The number of carboxylic acids is 2. The fourth-order valence-electron chi connectivity index (χ4n) is 6.74. The van der Waals surface area contributed by atoms with Crippen LogP contribution in [-0.4, -0.2) is 202 Å². The highest BCUT2D eigenvalue weighted by Gasteiger charge is 2.36. The number of guanidine groups is 2. The van der Waals surface area contributed by atoms with Crippen molar-refractivity contribution in [3.05, 3.63) is 0 Å². The number of rotatable bonds is 39. The summed E-state index contributed by atoms with van der Waals surface area (Å²) in [5, 5.41) is 70.2. The molecule has 0 rings (SSSR count). The molecule has 0 heterocycles. The van der Waals surface area contributed by atoms with E-state index in [1.807, 2.05) is 0 Å². The van der Waals surface area contributed by atoms with E-state index in [0.29, 0.717) is 12.8 Å². The van der Waals surface area contributed by atoms with Crippen LogP contribution in [-0.2, 0) is 52.7 Å². The van der Waals surface area contributed by atoms with Crippen molar-refractivity contribution in [3.8, 4) is 0 Å². The summed E-state index contributed by atoms with van der Waals surface area (Å²) in [5.74, 6) is -12.7. The number of aliphatic carboxylic acids is 2. The summed E-state index contributed by atoms with van der Waals surface area (Å²) < 4.78 is 0. The predicted molar refractivity (Wildman–Crippen MR) is 275 cm³/mol. The van der Waals surface area contributed by atoms with Crippen molar-refractivity contribution in [1.29, 1.82) is 0 Å². The molecule has 0 aromatic carbocycles. The van der Waals surface area contributed by atoms with Crippen LogP contribution in [0.3, 0.4) is 0 Å². The Morgan fingerprint density at radius 2 is 0.935 bits per heavy atom. The molecule has 26 N–H and O–H groups in total. The quantitative estimate of drug-likeness (QED) is 0.0154. The molecule has 0 aromatic heterocycles. The lowest BCUT2D eigenvalue weighted by molar-refractivity contribution is -0.142. The van der Waals surface area contributed by atoms with Gasteiger partial charge in [-0.1, -0.05) is 13.8 Å². The number of nitrogens with zero attached hydrogens (tertiary/aromatic N) is 2. The standard InChI is InChI=1S/C44H81N17O16/c1-21(2)17-28(38(72)54-22(3)42(76)77)58-36(70)27(12-13-32(66)67)57-35(69)26(10-5-6-14-45)56-39(73)29(19-62)59-40(74)30(20-63)60-41(75)33(23(4)64)61-37(71)25(11-8-16-52-44(49)50)55-31(65)18-53-34(68)24(46)9-7-15-51-43(47)48/h21-30,33,62-64H,5-20,45-46H2,1-4H3,(H,53,68)(H,54,72)(H,55,65)(H,56,73)(H,57,69)(H,58,70)(H,59,74)(H,60,75)(H,61,71)(H,66,67)(H,76,77)(H4,47,48,51)(H4,49,50,52)/t22-,23+,24-,25-,26-,27-,28-,29-,30-,33-/m0/s1. The molecule has 9 amide bonds. The van der Waals surface area contributed by atoms with Crippen LogP contribution in [0.15, 0.2) is 9.98 Å². The molecular formula is C44H81N17O16. The first-order chi connectivity index (χ1) is 36.1. The first-order valence-corrected chi connectivity index (χ1v) is 24.7. The average Bonchev–Trinajstić information content (AvgIpc) is 3.35. The van der Waals surface area contributed by atoms with E-state index >= 15 is 0 Å². The third-order valence-electron chi connectivity index (χ3n) is 10.9. The van der Waals surface area contributed by atoms with Crippen LogP contribution >= 0.6 is 0 Å². The lowest BCUT2D eigenvalue weighted by atomic mass is 10.0. The van der Waals surface area contributed by atoms with Gasteiger partial charge in [-0.2, -0.15) is 0 Å². The molecule has 33 heteroatoms. The van der Waals surface area contributed by atoms with Crippen molar-refractivity contribution in [2.24, 2.45) is 50.3 Å². The van der Waals surface area contributed by atoms with E-state index in [2.05, 4.69) is 57.8 Å². The average molecular weight is 1100 g/mol. The fraction of sp³-hybridized carbons (Fsp3) is 0.705. The molecule has 0 saturated carbocycles. The number of carboxylic acid groups (broad SMARTS) is 2. The summed E-state index contributed by atoms with van der Waals surface area (Å²) in [6.45, 7) is 3.10. The normalized spacial score (nSPS) is 14.8. The summed E-state index contributed by atoms with van der Waals surface area (Å²) >= 11 is 0. The van der Waals surface area contributed by atoms with E-state index in [-0.39, 0.29) is 76.0 Å². The van der Waals surface area contributed by atoms with Crippen LogP contribution < -0.4 is 82.3 Å². The van der Waals surface area contributed by atoms with Gasteiger partial charge >= 0.3 is 11.9 Å². The Morgan fingerprint density at radius 3 is 1.40 bits per heavy atom. The van der Waals surface area contributed by atoms with Gasteiger partial charge in [-0.05, 0) is 84.1 Å². The molecule has 0 aliphatic carbocycles. The Bertz CT molecular complexity index is 2040. The van der Waals surface area contributed by atoms with Gasteiger partial charge in [0.1, 0.15) is 48.3 Å². The molecule has 0 unspecified atom stereocenters. The molecule has 0 saturated heterocycles. The molecule has 0 spiro atoms. The van der Waals surface area contributed by atoms with Gasteiger partial charge in [-0.25, -0.2) is 0 Å². The van der Waals surface area contributed by atoms with Gasteiger partial charge in [-0.15, -0.1) is 0 Å². The number of unbranched alkanes of at least 4 members (excludes halogenated alkanes) is 1. The SMILES string of the molecule is CC(C)C[C@H](NC(=O)[C@H](CCC(=O)O)NC(=O)[C@H](CCCCN)NC(=O)[C@H](CO)NC(=O)[C@H](CO)NC(=O)[C@@H](NC(=O)[C@H](CCCN=C(N)N)NC(=O)CNC(=O)[C@@H](N)CCCN=C(N)N)[C@@H](C)O)C(=O)N[C@@H](C)C(=O)O. The van der Waals surface area contributed by atoms with E-state index in [9.17, 15) is 78.3 Å². The van der Waals surface area contributed by atoms with Gasteiger partial charge in [0.05, 0.1) is 31.9 Å². The number of aliphatic imine (C=N–C) groups is 2. The third-order valence-corrected chi connectivity index (χ3v) is 10.9. The molecule has 0 fully saturated rings. The zero-order valence-corrected chi connectivity index (χ0v) is 43.7. The lowest BCUT2D eigenvalue weighted by Crippen LogP contribution is -2.62. The topological polar surface area (TPSA) is 578 Å². The van der Waals surface area contributed by atoms with E-state index in [0.717, 1.165) is 6.92 Å². The van der Waals surface area contributed by atoms with Crippen LogP contribution in [0.5, 0.6) is 0 Å². The second-order valence-electron chi connectivity index (χ2n) is 18.2. The zero-order chi connectivity index (χ0) is 58.9. The molecule has 0 radical (unpaired) electrons. The molecule has 33 nitrogen and oxygen atoms in total. The number of amides is 9. The minimum atomic E-state index is -1.93. The monoisotopic (exact) mass is 1100 g/mol. The highest BCUT2D eigenvalue weighted by molar-refractivity contribution is 5.98. The molecule has 438 valence electrons. The maximum Gasteiger partial charge on any atom is 0.325 e. The maximum atomic E-state index is 13.8. The van der Waals surface area contributed by atoms with Crippen LogP contribution in [0.4, 0.5) is 0 Å². The Morgan fingerprint density at radius 1 is 0.506 bits per heavy atom. The molecule has 77 heavy (non-hydrogen) atoms. The summed E-state index contributed by atoms with van der Waals surface area (Å²) in [4.78, 5) is 150. The minimum Gasteiger partial charge on any atom is -0.481 e. The smallest absolute Gasteiger partial charge is 0.325 e. The van der Waals surface area contributed by atoms with E-state index in [1.165, 1.54) is 6.92 Å². The number of nitrogens with two attached hydrogens (primary N) is 6. The van der Waals surface area contributed by atoms with E-state index in [4.69, 9.17) is 34.4 Å². The van der Waals surface area contributed by atoms with Crippen molar-refractivity contribution in [3.63, 3.8) is 0 Å². The van der Waals surface area contributed by atoms with Crippen LogP contribution in [0.1, 0.15) is 91.9 Å². The first kappa shape index (κ1) is 69.5. The fourth-order valence-corrected chi connectivity index (χ4v) is 6.74. The summed E-state index contributed by atoms with van der Waals surface area (Å²) in [5.41, 5.74) is 32.8. The largest absolute Gasteiger partial charge is 0.481 e.